The van der Waals surface area contributed by atoms with Gasteiger partial charge in [-0.15, -0.1) is 0 Å². The summed E-state index contributed by atoms with van der Waals surface area (Å²) < 4.78 is 62.7. The number of hydrogen-bond donors (Lipinski definition) is 0. The van der Waals surface area contributed by atoms with Crippen LogP contribution in [0, 0.1) is 0 Å². The molecule has 1 saturated heterocycles. The number of anilines is 1. The van der Waals surface area contributed by atoms with Crippen molar-refractivity contribution in [1.82, 2.24) is 4.90 Å². The van der Waals surface area contributed by atoms with Crippen molar-refractivity contribution >= 4 is 44.6 Å². The van der Waals surface area contributed by atoms with Crippen LogP contribution in [-0.4, -0.2) is 57.8 Å². The summed E-state index contributed by atoms with van der Waals surface area (Å²) in [6.07, 6.45) is -4.91. The van der Waals surface area contributed by atoms with Crippen LogP contribution in [0.25, 0.3) is 0 Å². The van der Waals surface area contributed by atoms with Crippen LogP contribution in [-0.2, 0) is 16.3 Å². The van der Waals surface area contributed by atoms with Gasteiger partial charge in [0.05, 0.1) is 21.4 Å². The number of halogens is 5. The number of sulfone groups is 1. The fraction of sp³-hybridized carbons (Fsp3) is 0.350. The van der Waals surface area contributed by atoms with Crippen molar-refractivity contribution in [1.29, 1.82) is 0 Å². The molecule has 0 bridgehead atoms. The highest BCUT2D eigenvalue weighted by Gasteiger charge is 2.32. The molecule has 3 rings (SSSR count). The fourth-order valence-corrected chi connectivity index (χ4v) is 4.31. The molecule has 0 radical (unpaired) electrons. The first-order valence-electron chi connectivity index (χ1n) is 9.24. The maximum Gasteiger partial charge on any atom is 0.393 e. The monoisotopic (exact) mass is 494 g/mol. The van der Waals surface area contributed by atoms with Gasteiger partial charge in [-0.1, -0.05) is 29.3 Å². The van der Waals surface area contributed by atoms with Gasteiger partial charge in [0, 0.05) is 43.7 Å². The number of alkyl halides is 3. The second-order valence-electron chi connectivity index (χ2n) is 7.26. The molecule has 0 saturated carbocycles. The summed E-state index contributed by atoms with van der Waals surface area (Å²) in [6.45, 7) is 1.38. The molecule has 1 aliphatic heterocycles. The Bertz CT molecular complexity index is 1100. The zero-order valence-corrected chi connectivity index (χ0v) is 18.7. The van der Waals surface area contributed by atoms with Crippen molar-refractivity contribution < 1.29 is 26.4 Å². The minimum Gasteiger partial charge on any atom is -0.368 e. The molecule has 168 valence electrons. The number of amides is 1. The summed E-state index contributed by atoms with van der Waals surface area (Å²) >= 11 is 12.0. The van der Waals surface area contributed by atoms with E-state index >= 15 is 0 Å². The highest BCUT2D eigenvalue weighted by molar-refractivity contribution is 7.90. The largest absolute Gasteiger partial charge is 0.393 e. The van der Waals surface area contributed by atoms with Crippen LogP contribution in [0.3, 0.4) is 0 Å². The van der Waals surface area contributed by atoms with Crippen molar-refractivity contribution in [2.75, 3.05) is 37.3 Å². The van der Waals surface area contributed by atoms with Crippen LogP contribution in [0.1, 0.15) is 15.9 Å². The van der Waals surface area contributed by atoms with E-state index in [9.17, 15) is 26.4 Å². The van der Waals surface area contributed by atoms with E-state index in [0.29, 0.717) is 23.1 Å². The van der Waals surface area contributed by atoms with Gasteiger partial charge in [-0.2, -0.15) is 13.2 Å². The van der Waals surface area contributed by atoms with Crippen molar-refractivity contribution in [3.05, 3.63) is 57.6 Å². The quantitative estimate of drug-likeness (QED) is 0.629. The molecule has 0 unspecified atom stereocenters. The van der Waals surface area contributed by atoms with E-state index < -0.39 is 28.3 Å². The second kappa shape index (κ2) is 8.88. The van der Waals surface area contributed by atoms with Crippen LogP contribution >= 0.6 is 23.2 Å². The SMILES string of the molecule is CS(=O)(=O)c1ccc(CC(F)(F)F)c(C(=O)N2CCN(c3ccc(Cl)c(Cl)c3)CC2)c1. The molecule has 11 heteroatoms. The summed E-state index contributed by atoms with van der Waals surface area (Å²) in [5.74, 6) is -0.626. The Morgan fingerprint density at radius 1 is 1.00 bits per heavy atom. The number of rotatable bonds is 4. The third-order valence-electron chi connectivity index (χ3n) is 4.97. The lowest BCUT2D eigenvalue weighted by Gasteiger charge is -2.36. The first-order chi connectivity index (χ1) is 14.3. The van der Waals surface area contributed by atoms with Gasteiger partial charge in [-0.25, -0.2) is 8.42 Å². The van der Waals surface area contributed by atoms with E-state index in [1.54, 1.807) is 18.2 Å². The normalized spacial score (nSPS) is 15.3. The number of hydrogen-bond acceptors (Lipinski definition) is 4. The predicted octanol–water partition coefficient (Wildman–Crippen LogP) is 4.46. The van der Waals surface area contributed by atoms with Crippen LogP contribution in [0.5, 0.6) is 0 Å². The molecular formula is C20H19Cl2F3N2O3S. The average molecular weight is 495 g/mol. The van der Waals surface area contributed by atoms with Crippen LogP contribution < -0.4 is 4.90 Å². The Labute approximate surface area is 188 Å². The Balaban J connectivity index is 1.82. The van der Waals surface area contributed by atoms with Crippen molar-refractivity contribution in [3.8, 4) is 0 Å². The minimum atomic E-state index is -4.53. The van der Waals surface area contributed by atoms with Crippen molar-refractivity contribution in [2.45, 2.75) is 17.5 Å². The van der Waals surface area contributed by atoms with Crippen LogP contribution in [0.15, 0.2) is 41.3 Å². The van der Waals surface area contributed by atoms with Gasteiger partial charge in [0.25, 0.3) is 5.91 Å². The Hall–Kier alpha value is -1.97. The molecule has 31 heavy (non-hydrogen) atoms. The van der Waals surface area contributed by atoms with E-state index in [0.717, 1.165) is 30.1 Å². The lowest BCUT2D eigenvalue weighted by atomic mass is 10.0. The van der Waals surface area contributed by atoms with Gasteiger partial charge in [0.2, 0.25) is 0 Å². The summed E-state index contributed by atoms with van der Waals surface area (Å²) in [6, 6.07) is 8.35. The highest BCUT2D eigenvalue weighted by Crippen LogP contribution is 2.29. The lowest BCUT2D eigenvalue weighted by Crippen LogP contribution is -2.49. The first-order valence-corrected chi connectivity index (χ1v) is 11.9. The second-order valence-corrected chi connectivity index (χ2v) is 10.1. The third kappa shape index (κ3) is 5.84. The van der Waals surface area contributed by atoms with Crippen molar-refractivity contribution in [3.63, 3.8) is 0 Å². The van der Waals surface area contributed by atoms with E-state index in [1.807, 2.05) is 4.90 Å². The third-order valence-corrected chi connectivity index (χ3v) is 6.82. The topological polar surface area (TPSA) is 57.7 Å². The molecule has 2 aromatic carbocycles. The van der Waals surface area contributed by atoms with Gasteiger partial charge in [-0.05, 0) is 35.9 Å². The number of benzene rings is 2. The summed E-state index contributed by atoms with van der Waals surface area (Å²) in [7, 11) is -3.69. The molecule has 0 aliphatic carbocycles. The van der Waals surface area contributed by atoms with E-state index in [4.69, 9.17) is 23.2 Å². The molecule has 0 N–H and O–H groups in total. The smallest absolute Gasteiger partial charge is 0.368 e. The molecule has 1 heterocycles. The van der Waals surface area contributed by atoms with Gasteiger partial charge in [0.1, 0.15) is 0 Å². The molecule has 2 aromatic rings. The first kappa shape index (κ1) is 23.7. The molecule has 0 spiro atoms. The zero-order valence-electron chi connectivity index (χ0n) is 16.4. The Morgan fingerprint density at radius 3 is 2.19 bits per heavy atom. The maximum absolute atomic E-state index is 13.0. The predicted molar refractivity (Wildman–Crippen MR) is 114 cm³/mol. The van der Waals surface area contributed by atoms with E-state index in [-0.39, 0.29) is 29.1 Å². The number of piperazine rings is 1. The van der Waals surface area contributed by atoms with Crippen LogP contribution in [0.2, 0.25) is 10.0 Å². The number of carbonyl (C=O) groups excluding carboxylic acids is 1. The fourth-order valence-electron chi connectivity index (χ4n) is 3.38. The zero-order chi connectivity index (χ0) is 23.0. The molecular weight excluding hydrogens is 476 g/mol. The molecule has 5 nitrogen and oxygen atoms in total. The molecule has 1 fully saturated rings. The number of carbonyl (C=O) groups is 1. The molecule has 0 atom stereocenters. The van der Waals surface area contributed by atoms with Gasteiger partial charge in [-0.3, -0.25) is 4.79 Å². The van der Waals surface area contributed by atoms with Crippen LogP contribution in [0.4, 0.5) is 18.9 Å². The molecule has 1 amide bonds. The summed E-state index contributed by atoms with van der Waals surface area (Å²) in [5.41, 5.74) is 0.318. The summed E-state index contributed by atoms with van der Waals surface area (Å²) in [4.78, 5) is 16.2. The van der Waals surface area contributed by atoms with Gasteiger partial charge in [0.15, 0.2) is 9.84 Å². The highest BCUT2D eigenvalue weighted by atomic mass is 35.5. The summed E-state index contributed by atoms with van der Waals surface area (Å²) in [5, 5.41) is 0.814. The molecule has 1 aliphatic rings. The Morgan fingerprint density at radius 2 is 1.65 bits per heavy atom. The Kier molecular flexibility index (Phi) is 6.78. The standard InChI is InChI=1S/C20H19Cl2F3N2O3S/c1-31(29,30)15-4-2-13(12-20(23,24)25)16(11-15)19(28)27-8-6-26(7-9-27)14-3-5-17(21)18(22)10-14/h2-5,10-11H,6-9,12H2,1H3. The maximum atomic E-state index is 13.0. The minimum absolute atomic E-state index is 0.198. The van der Waals surface area contributed by atoms with Gasteiger partial charge < -0.3 is 9.80 Å². The van der Waals surface area contributed by atoms with Crippen molar-refractivity contribution in [2.24, 2.45) is 0 Å². The van der Waals surface area contributed by atoms with Gasteiger partial charge >= 0.3 is 6.18 Å². The molecule has 0 aromatic heterocycles. The lowest BCUT2D eigenvalue weighted by molar-refractivity contribution is -0.127. The number of nitrogens with zero attached hydrogens (tertiary/aromatic N) is 2. The van der Waals surface area contributed by atoms with E-state index in [2.05, 4.69) is 0 Å². The van der Waals surface area contributed by atoms with E-state index in [1.165, 1.54) is 4.90 Å². The average Bonchev–Trinajstić information content (AvgIpc) is 2.68.